The second-order valence-electron chi connectivity index (χ2n) is 7.44. The maximum absolute atomic E-state index is 14.7. The number of nitriles is 1. The molecular formula is C21H16F2N6O3S. The summed E-state index contributed by atoms with van der Waals surface area (Å²) in [5.41, 5.74) is 1.45. The molecule has 0 spiro atoms. The molecule has 1 atom stereocenters. The number of benzene rings is 2. The van der Waals surface area contributed by atoms with Gasteiger partial charge in [-0.25, -0.2) is 13.3 Å². The summed E-state index contributed by atoms with van der Waals surface area (Å²) < 4.78 is 63.8. The van der Waals surface area contributed by atoms with Gasteiger partial charge in [0.15, 0.2) is 11.6 Å². The average Bonchev–Trinajstić information content (AvgIpc) is 3.45. The maximum atomic E-state index is 14.7. The van der Waals surface area contributed by atoms with Crippen LogP contribution in [0.1, 0.15) is 12.0 Å². The summed E-state index contributed by atoms with van der Waals surface area (Å²) in [5, 5.41) is 13.9. The van der Waals surface area contributed by atoms with Crippen LogP contribution in [0.2, 0.25) is 0 Å². The molecule has 2 aromatic heterocycles. The number of ether oxygens (including phenoxy) is 1. The number of alkyl halides is 1. The van der Waals surface area contributed by atoms with Gasteiger partial charge in [0.25, 0.3) is 0 Å². The van der Waals surface area contributed by atoms with Crippen molar-refractivity contribution >= 4 is 32.4 Å². The van der Waals surface area contributed by atoms with Crippen LogP contribution in [-0.4, -0.2) is 46.6 Å². The van der Waals surface area contributed by atoms with Crippen LogP contribution in [0.4, 0.5) is 14.5 Å². The summed E-state index contributed by atoms with van der Waals surface area (Å²) in [6.45, 7) is -0.273. The predicted molar refractivity (Wildman–Crippen MR) is 115 cm³/mol. The lowest BCUT2D eigenvalue weighted by atomic mass is 10.1. The van der Waals surface area contributed by atoms with Gasteiger partial charge in [0.05, 0.1) is 34.6 Å². The van der Waals surface area contributed by atoms with Crippen molar-refractivity contribution in [2.75, 3.05) is 17.8 Å². The lowest BCUT2D eigenvalue weighted by molar-refractivity contribution is 0.343. The van der Waals surface area contributed by atoms with Gasteiger partial charge in [0, 0.05) is 19.2 Å². The summed E-state index contributed by atoms with van der Waals surface area (Å²) >= 11 is 0. The monoisotopic (exact) mass is 470 g/mol. The molecule has 0 aliphatic carbocycles. The first-order chi connectivity index (χ1) is 15.9. The fourth-order valence-electron chi connectivity index (χ4n) is 3.67. The molecule has 4 aromatic rings. The van der Waals surface area contributed by atoms with E-state index in [1.54, 1.807) is 47.2 Å². The van der Waals surface area contributed by atoms with Gasteiger partial charge in [0.2, 0.25) is 0 Å². The number of anilines is 1. The lowest BCUT2D eigenvalue weighted by Crippen LogP contribution is -2.34. The predicted octanol–water partition coefficient (Wildman–Crippen LogP) is 3.39. The highest BCUT2D eigenvalue weighted by molar-refractivity contribution is 7.90. The minimum Gasteiger partial charge on any atom is -0.453 e. The SMILES string of the molecule is N#Cc1c(NS(=O)(=O)N2CC[C@H](F)C2)ccc(F)c1Oc1ccc2ncc3ccnn3c2c1. The van der Waals surface area contributed by atoms with Crippen LogP contribution in [0.15, 0.2) is 48.8 Å². The van der Waals surface area contributed by atoms with Crippen molar-refractivity contribution in [2.24, 2.45) is 0 Å². The Balaban J connectivity index is 1.52. The van der Waals surface area contributed by atoms with E-state index in [2.05, 4.69) is 14.8 Å². The van der Waals surface area contributed by atoms with E-state index in [-0.39, 0.29) is 36.5 Å². The van der Waals surface area contributed by atoms with E-state index >= 15 is 0 Å². The molecule has 33 heavy (non-hydrogen) atoms. The molecule has 0 amide bonds. The largest absolute Gasteiger partial charge is 0.453 e. The van der Waals surface area contributed by atoms with Gasteiger partial charge in [-0.15, -0.1) is 0 Å². The van der Waals surface area contributed by atoms with Crippen molar-refractivity contribution in [1.29, 1.82) is 5.26 Å². The van der Waals surface area contributed by atoms with Crippen molar-refractivity contribution in [3.8, 4) is 17.6 Å². The number of rotatable bonds is 5. The first-order valence-electron chi connectivity index (χ1n) is 9.90. The number of aromatic nitrogens is 3. The number of halogens is 2. The first kappa shape index (κ1) is 21.0. The van der Waals surface area contributed by atoms with Crippen LogP contribution in [0.25, 0.3) is 16.6 Å². The highest BCUT2D eigenvalue weighted by atomic mass is 32.2. The van der Waals surface area contributed by atoms with Crippen molar-refractivity contribution in [2.45, 2.75) is 12.6 Å². The van der Waals surface area contributed by atoms with Crippen molar-refractivity contribution < 1.29 is 21.9 Å². The molecular weight excluding hydrogens is 454 g/mol. The Morgan fingerprint density at radius 3 is 2.85 bits per heavy atom. The Hall–Kier alpha value is -3.82. The highest BCUT2D eigenvalue weighted by Crippen LogP contribution is 2.35. The van der Waals surface area contributed by atoms with Gasteiger partial charge in [-0.05, 0) is 36.8 Å². The van der Waals surface area contributed by atoms with Gasteiger partial charge in [0.1, 0.15) is 23.6 Å². The summed E-state index contributed by atoms with van der Waals surface area (Å²) in [6.07, 6.45) is 2.10. The smallest absolute Gasteiger partial charge is 0.301 e. The number of hydrogen-bond donors (Lipinski definition) is 1. The molecule has 168 valence electrons. The van der Waals surface area contributed by atoms with Crippen LogP contribution < -0.4 is 9.46 Å². The molecule has 0 bridgehead atoms. The molecule has 2 aromatic carbocycles. The van der Waals surface area contributed by atoms with E-state index in [9.17, 15) is 22.5 Å². The number of hydrogen-bond acceptors (Lipinski definition) is 6. The second-order valence-corrected chi connectivity index (χ2v) is 9.11. The van der Waals surface area contributed by atoms with Crippen molar-refractivity contribution in [1.82, 2.24) is 18.9 Å². The van der Waals surface area contributed by atoms with Gasteiger partial charge in [-0.1, -0.05) is 0 Å². The molecule has 1 aliphatic heterocycles. The van der Waals surface area contributed by atoms with E-state index in [0.717, 1.165) is 22.0 Å². The van der Waals surface area contributed by atoms with Gasteiger partial charge in [-0.3, -0.25) is 9.71 Å². The standard InChI is InChI=1S/C21H16F2N6O3S/c22-13-6-8-28(12-13)33(30,31)27-18-4-2-17(23)21(16(18)10-24)32-15-1-3-19-20(9-15)29-14(11-25-19)5-7-26-29/h1-5,7,9,11,13,27H,6,8,12H2/t13-/m0/s1. The molecule has 0 saturated carbocycles. The Labute approximate surface area is 187 Å². The minimum atomic E-state index is -4.13. The molecule has 1 N–H and O–H groups in total. The Kier molecular flexibility index (Phi) is 5.07. The third kappa shape index (κ3) is 3.81. The molecule has 1 fully saturated rings. The summed E-state index contributed by atoms with van der Waals surface area (Å²) in [6, 6.07) is 10.5. The van der Waals surface area contributed by atoms with Crippen LogP contribution in [-0.2, 0) is 10.2 Å². The van der Waals surface area contributed by atoms with Gasteiger partial charge in [-0.2, -0.15) is 23.1 Å². The maximum Gasteiger partial charge on any atom is 0.301 e. The first-order valence-corrected chi connectivity index (χ1v) is 11.3. The van der Waals surface area contributed by atoms with Crippen LogP contribution in [0.5, 0.6) is 11.5 Å². The molecule has 1 aliphatic rings. The van der Waals surface area contributed by atoms with Gasteiger partial charge >= 0.3 is 10.2 Å². The number of nitrogens with zero attached hydrogens (tertiary/aromatic N) is 5. The lowest BCUT2D eigenvalue weighted by Gasteiger charge is -2.18. The zero-order chi connectivity index (χ0) is 23.2. The van der Waals surface area contributed by atoms with Gasteiger partial charge < -0.3 is 4.74 Å². The molecule has 12 heteroatoms. The second kappa shape index (κ2) is 7.95. The molecule has 5 rings (SSSR count). The third-order valence-electron chi connectivity index (χ3n) is 5.30. The summed E-state index contributed by atoms with van der Waals surface area (Å²) in [5.74, 6) is -1.10. The number of fused-ring (bicyclic) bond motifs is 3. The normalized spacial score (nSPS) is 16.8. The fourth-order valence-corrected chi connectivity index (χ4v) is 4.96. The van der Waals surface area contributed by atoms with Crippen LogP contribution in [0, 0.1) is 17.1 Å². The number of nitrogens with one attached hydrogen (secondary N) is 1. The van der Waals surface area contributed by atoms with Crippen molar-refractivity contribution in [3.63, 3.8) is 0 Å². The van der Waals surface area contributed by atoms with Crippen molar-refractivity contribution in [3.05, 3.63) is 60.2 Å². The van der Waals surface area contributed by atoms with E-state index in [1.165, 1.54) is 0 Å². The Bertz CT molecular complexity index is 1530. The van der Waals surface area contributed by atoms with E-state index in [1.807, 2.05) is 0 Å². The van der Waals surface area contributed by atoms with E-state index in [0.29, 0.717) is 11.0 Å². The van der Waals surface area contributed by atoms with E-state index in [4.69, 9.17) is 4.74 Å². The highest BCUT2D eigenvalue weighted by Gasteiger charge is 2.32. The quantitative estimate of drug-likeness (QED) is 0.479. The minimum absolute atomic E-state index is 0.00988. The van der Waals surface area contributed by atoms with Crippen LogP contribution in [0.3, 0.4) is 0 Å². The molecule has 0 unspecified atom stereocenters. The summed E-state index contributed by atoms with van der Waals surface area (Å²) in [4.78, 5) is 4.33. The van der Waals surface area contributed by atoms with E-state index < -0.39 is 27.9 Å². The topological polar surface area (TPSA) is 113 Å². The third-order valence-corrected chi connectivity index (χ3v) is 6.79. The Morgan fingerprint density at radius 1 is 1.24 bits per heavy atom. The summed E-state index contributed by atoms with van der Waals surface area (Å²) in [7, 11) is -4.13. The zero-order valence-electron chi connectivity index (χ0n) is 16.9. The fraction of sp³-hybridized carbons (Fsp3) is 0.190. The zero-order valence-corrected chi connectivity index (χ0v) is 17.8. The molecule has 1 saturated heterocycles. The molecule has 3 heterocycles. The average molecular weight is 470 g/mol. The molecule has 9 nitrogen and oxygen atoms in total. The Morgan fingerprint density at radius 2 is 2.09 bits per heavy atom. The molecule has 0 radical (unpaired) electrons. The van der Waals surface area contributed by atoms with Crippen LogP contribution >= 0.6 is 0 Å².